The molecule has 0 spiro atoms. The van der Waals surface area contributed by atoms with Gasteiger partial charge in [-0.3, -0.25) is 14.7 Å². The number of phenols is 1. The molecule has 2 aromatic rings. The number of nitrogens with two attached hydrogens (primary N) is 2. The van der Waals surface area contributed by atoms with E-state index in [1.165, 1.54) is 0 Å². The van der Waals surface area contributed by atoms with E-state index >= 15 is 0 Å². The summed E-state index contributed by atoms with van der Waals surface area (Å²) in [6.45, 7) is 3.03. The number of hydrogen-bond donors (Lipinski definition) is 6. The van der Waals surface area contributed by atoms with Crippen molar-refractivity contribution < 1.29 is 29.8 Å². The molecule has 2 heterocycles. The number of rotatable bonds is 16. The van der Waals surface area contributed by atoms with Crippen molar-refractivity contribution in [3.05, 3.63) is 81.7 Å². The van der Waals surface area contributed by atoms with Crippen LogP contribution < -0.4 is 21.1 Å². The third kappa shape index (κ3) is 8.34. The number of allylic oxidation sites excluding steroid dienone is 1. The predicted molar refractivity (Wildman–Crippen MR) is 158 cm³/mol. The van der Waals surface area contributed by atoms with Gasteiger partial charge in [0.15, 0.2) is 11.5 Å². The molecule has 2 atom stereocenters. The number of aliphatic hydroxyl groups is 2. The Balaban J connectivity index is 1.32. The maximum atomic E-state index is 12.3. The molecule has 0 radical (unpaired) electrons. The Morgan fingerprint density at radius 3 is 2.73 bits per heavy atom. The first-order valence-electron chi connectivity index (χ1n) is 14.5. The minimum absolute atomic E-state index is 0.0394. The molecule has 0 bridgehead atoms. The van der Waals surface area contributed by atoms with E-state index in [2.05, 4.69) is 11.9 Å². The number of Topliss-reactive ketones (excluding diaryl/α,β-unsaturated/α-hetero) is 1. The number of aryl methyl sites for hydroxylation is 1. The van der Waals surface area contributed by atoms with E-state index in [-0.39, 0.29) is 24.6 Å². The molecule has 2 aliphatic rings. The van der Waals surface area contributed by atoms with Crippen LogP contribution in [0, 0.1) is 0 Å². The molecule has 220 valence electrons. The summed E-state index contributed by atoms with van der Waals surface area (Å²) < 4.78 is 5.99. The van der Waals surface area contributed by atoms with Crippen LogP contribution in [0.5, 0.6) is 11.5 Å². The van der Waals surface area contributed by atoms with Crippen molar-refractivity contribution in [2.24, 2.45) is 16.5 Å². The van der Waals surface area contributed by atoms with Crippen LogP contribution >= 0.6 is 0 Å². The SMILES string of the molecule is CCCCCC(O)CC(=O)CCc1ccc(O)c(OC[NH+]2C=C3N=CC(Cc4cc(C(N)N)ccc4CO)=C3C2)c1. The van der Waals surface area contributed by atoms with Gasteiger partial charge in [-0.1, -0.05) is 50.5 Å². The maximum absolute atomic E-state index is 12.3. The molecular formula is C32H43N4O5+. The number of aromatic hydroxyl groups is 1. The van der Waals surface area contributed by atoms with Gasteiger partial charge in [-0.05, 0) is 59.2 Å². The second-order valence-corrected chi connectivity index (χ2v) is 11.0. The van der Waals surface area contributed by atoms with Gasteiger partial charge in [0.05, 0.1) is 18.9 Å². The van der Waals surface area contributed by atoms with E-state index in [4.69, 9.17) is 16.2 Å². The molecule has 2 aliphatic heterocycles. The van der Waals surface area contributed by atoms with Crippen LogP contribution in [-0.2, 0) is 24.2 Å². The van der Waals surface area contributed by atoms with Gasteiger partial charge >= 0.3 is 0 Å². The molecule has 9 heteroatoms. The lowest BCUT2D eigenvalue weighted by molar-refractivity contribution is -0.855. The molecule has 0 aromatic heterocycles. The lowest BCUT2D eigenvalue weighted by atomic mass is 9.95. The highest BCUT2D eigenvalue weighted by Crippen LogP contribution is 2.29. The third-order valence-electron chi connectivity index (χ3n) is 7.70. The molecule has 41 heavy (non-hydrogen) atoms. The number of benzene rings is 2. The molecule has 9 nitrogen and oxygen atoms in total. The van der Waals surface area contributed by atoms with Crippen molar-refractivity contribution in [2.75, 3.05) is 13.3 Å². The van der Waals surface area contributed by atoms with Crippen LogP contribution in [0.3, 0.4) is 0 Å². The standard InChI is InChI=1S/C32H42N4O5/c1-2-3-4-5-26(38)15-27(39)10-6-21-7-11-30(40)31(12-21)41-20-36-17-28-25(16-35-29(28)18-36)14-24-13-22(32(33)34)8-9-23(24)19-37/h7-9,11-13,16,18,26,32,37-38,40H,2-6,10,14-15,17,19-20,33-34H2,1H3/p+1. The maximum Gasteiger partial charge on any atom is 0.227 e. The molecule has 0 aliphatic carbocycles. The number of carbonyl (C=O) groups excluding carboxylic acids is 1. The largest absolute Gasteiger partial charge is 0.504 e. The minimum atomic E-state index is -0.584. The van der Waals surface area contributed by atoms with Crippen LogP contribution in [0.4, 0.5) is 0 Å². The van der Waals surface area contributed by atoms with Gasteiger partial charge in [0.25, 0.3) is 0 Å². The number of fused-ring (bicyclic) bond motifs is 1. The average Bonchev–Trinajstić information content (AvgIpc) is 3.53. The summed E-state index contributed by atoms with van der Waals surface area (Å²) in [5, 5.41) is 30.3. The van der Waals surface area contributed by atoms with E-state index in [0.717, 1.165) is 63.3 Å². The fraction of sp³-hybridized carbons (Fsp3) is 0.438. The molecule has 2 aromatic carbocycles. The van der Waals surface area contributed by atoms with Crippen LogP contribution in [0.15, 0.2) is 64.4 Å². The number of phenolic OH excluding ortho intramolecular Hbond substituents is 1. The van der Waals surface area contributed by atoms with Crippen LogP contribution in [-0.4, -0.2) is 46.7 Å². The number of aliphatic imine (C=N–C) groups is 1. The smallest absolute Gasteiger partial charge is 0.227 e. The van der Waals surface area contributed by atoms with Crippen molar-refractivity contribution in [3.8, 4) is 11.5 Å². The zero-order valence-corrected chi connectivity index (χ0v) is 23.8. The lowest BCUT2D eigenvalue weighted by Gasteiger charge is -2.15. The van der Waals surface area contributed by atoms with E-state index in [1.807, 2.05) is 30.6 Å². The van der Waals surface area contributed by atoms with Gasteiger partial charge in [0.2, 0.25) is 6.73 Å². The lowest BCUT2D eigenvalue weighted by Crippen LogP contribution is -3.07. The summed E-state index contributed by atoms with van der Waals surface area (Å²) in [7, 11) is 0. The molecule has 4 rings (SSSR count). The third-order valence-corrected chi connectivity index (χ3v) is 7.70. The number of quaternary nitrogens is 1. The topological polar surface area (TPSA) is 156 Å². The molecule has 0 saturated carbocycles. The Labute approximate surface area is 241 Å². The van der Waals surface area contributed by atoms with E-state index in [0.29, 0.717) is 44.7 Å². The first-order chi connectivity index (χ1) is 19.8. The van der Waals surface area contributed by atoms with Crippen LogP contribution in [0.1, 0.15) is 73.9 Å². The number of unbranched alkanes of at least 4 members (excludes halogenated alkanes) is 2. The minimum Gasteiger partial charge on any atom is -0.504 e. The molecular weight excluding hydrogens is 520 g/mol. The first kappa shape index (κ1) is 30.6. The highest BCUT2D eigenvalue weighted by molar-refractivity contribution is 5.87. The van der Waals surface area contributed by atoms with Gasteiger partial charge in [0, 0.05) is 24.6 Å². The Bertz CT molecular complexity index is 1320. The number of hydrogen-bond acceptors (Lipinski definition) is 8. The Kier molecular flexibility index (Phi) is 10.8. The summed E-state index contributed by atoms with van der Waals surface area (Å²) in [4.78, 5) is 18.0. The van der Waals surface area contributed by atoms with Gasteiger partial charge in [-0.2, -0.15) is 0 Å². The Morgan fingerprint density at radius 1 is 1.15 bits per heavy atom. The number of nitrogens with zero attached hydrogens (tertiary/aromatic N) is 1. The molecule has 0 amide bonds. The summed E-state index contributed by atoms with van der Waals surface area (Å²) in [6.07, 6.45) is 8.14. The second kappa shape index (κ2) is 14.5. The second-order valence-electron chi connectivity index (χ2n) is 11.0. The van der Waals surface area contributed by atoms with Crippen LogP contribution in [0.2, 0.25) is 0 Å². The zero-order valence-electron chi connectivity index (χ0n) is 23.8. The van der Waals surface area contributed by atoms with Crippen molar-refractivity contribution in [2.45, 2.75) is 77.2 Å². The molecule has 0 saturated heterocycles. The van der Waals surface area contributed by atoms with Crippen molar-refractivity contribution in [3.63, 3.8) is 0 Å². The van der Waals surface area contributed by atoms with Crippen molar-refractivity contribution in [1.29, 1.82) is 0 Å². The zero-order chi connectivity index (χ0) is 29.4. The van der Waals surface area contributed by atoms with E-state index in [1.54, 1.807) is 18.2 Å². The quantitative estimate of drug-likeness (QED) is 0.135. The Morgan fingerprint density at radius 2 is 1.98 bits per heavy atom. The van der Waals surface area contributed by atoms with Gasteiger partial charge in [-0.15, -0.1) is 0 Å². The summed E-state index contributed by atoms with van der Waals surface area (Å²) in [5.41, 5.74) is 18.3. The van der Waals surface area contributed by atoms with Gasteiger partial charge in [-0.25, -0.2) is 0 Å². The number of aliphatic hydroxyl groups excluding tert-OH is 2. The molecule has 0 fully saturated rings. The van der Waals surface area contributed by atoms with Crippen LogP contribution in [0.25, 0.3) is 0 Å². The summed E-state index contributed by atoms with van der Waals surface area (Å²) >= 11 is 0. The summed E-state index contributed by atoms with van der Waals surface area (Å²) in [5.74, 6) is 0.459. The van der Waals surface area contributed by atoms with Gasteiger partial charge < -0.3 is 31.5 Å². The average molecular weight is 564 g/mol. The highest BCUT2D eigenvalue weighted by Gasteiger charge is 2.29. The molecule has 2 unspecified atom stereocenters. The van der Waals surface area contributed by atoms with Crippen molar-refractivity contribution >= 4 is 12.0 Å². The monoisotopic (exact) mass is 563 g/mol. The summed E-state index contributed by atoms with van der Waals surface area (Å²) in [6, 6.07) is 10.8. The number of carbonyl (C=O) groups is 1. The Hall–Kier alpha value is -3.34. The highest BCUT2D eigenvalue weighted by atomic mass is 16.5. The predicted octanol–water partition coefficient (Wildman–Crippen LogP) is 2.33. The normalized spacial score (nSPS) is 16.8. The fourth-order valence-electron chi connectivity index (χ4n) is 5.27. The number of ketones is 1. The van der Waals surface area contributed by atoms with E-state index in [9.17, 15) is 20.1 Å². The van der Waals surface area contributed by atoms with E-state index < -0.39 is 12.3 Å². The fourth-order valence-corrected chi connectivity index (χ4v) is 5.27. The first-order valence-corrected chi connectivity index (χ1v) is 14.5. The van der Waals surface area contributed by atoms with Gasteiger partial charge in [0.1, 0.15) is 24.2 Å². The number of ether oxygens (including phenoxy) is 1. The number of nitrogens with one attached hydrogen (secondary N) is 1. The van der Waals surface area contributed by atoms with Crippen molar-refractivity contribution in [1.82, 2.24) is 0 Å². The molecule has 8 N–H and O–H groups in total.